The molecule has 1 fully saturated rings. The smallest absolute Gasteiger partial charge is 0.258 e. The van der Waals surface area contributed by atoms with Crippen molar-refractivity contribution < 1.29 is 4.79 Å². The van der Waals surface area contributed by atoms with E-state index < -0.39 is 0 Å². The van der Waals surface area contributed by atoms with E-state index in [1.165, 1.54) is 0 Å². The van der Waals surface area contributed by atoms with Crippen molar-refractivity contribution in [2.24, 2.45) is 7.05 Å². The van der Waals surface area contributed by atoms with Gasteiger partial charge in [-0.15, -0.1) is 0 Å². The molecule has 5 rings (SSSR count). The average Bonchev–Trinajstić information content (AvgIpc) is 3.32. The maximum atomic E-state index is 13.2. The van der Waals surface area contributed by atoms with Gasteiger partial charge in [-0.25, -0.2) is 0 Å². The van der Waals surface area contributed by atoms with E-state index in [2.05, 4.69) is 29.2 Å². The van der Waals surface area contributed by atoms with Crippen molar-refractivity contribution in [3.8, 4) is 11.3 Å². The van der Waals surface area contributed by atoms with Gasteiger partial charge in [0.15, 0.2) is 0 Å². The first-order chi connectivity index (χ1) is 17.4. The van der Waals surface area contributed by atoms with Gasteiger partial charge in [-0.1, -0.05) is 18.2 Å². The maximum Gasteiger partial charge on any atom is 0.258 e. The SMILES string of the molecule is CC(C)N1CCC(NC(=O)c2cccc(Cn3ccc4cc(-c5ccnn5C)ccc4c3=O)c2)CC1. The van der Waals surface area contributed by atoms with Crippen molar-refractivity contribution in [2.45, 2.75) is 45.3 Å². The fraction of sp³-hybridized carbons (Fsp3) is 0.345. The fourth-order valence-electron chi connectivity index (χ4n) is 5.07. The van der Waals surface area contributed by atoms with Crippen LogP contribution in [0.5, 0.6) is 0 Å². The standard InChI is InChI=1S/C29H33N5O2/c1-20(2)33-15-11-25(12-16-33)31-28(35)24-6-4-5-21(17-24)19-34-14-10-22-18-23(7-8-26(22)29(34)36)27-9-13-30-32(27)3/h4-10,13-14,17-18,20,25H,11-12,15-16,19H2,1-3H3,(H,31,35). The summed E-state index contributed by atoms with van der Waals surface area (Å²) in [5.41, 5.74) is 3.53. The van der Waals surface area contributed by atoms with Gasteiger partial charge in [0.2, 0.25) is 0 Å². The topological polar surface area (TPSA) is 72.2 Å². The van der Waals surface area contributed by atoms with E-state index in [9.17, 15) is 9.59 Å². The third-order valence-corrected chi connectivity index (χ3v) is 7.23. The number of carbonyl (C=O) groups is 1. The fourth-order valence-corrected chi connectivity index (χ4v) is 5.07. The number of rotatable bonds is 6. The molecule has 1 aliphatic rings. The minimum absolute atomic E-state index is 0.0455. The summed E-state index contributed by atoms with van der Waals surface area (Å²) in [4.78, 5) is 28.6. The van der Waals surface area contributed by atoms with Gasteiger partial charge in [0, 0.05) is 61.1 Å². The van der Waals surface area contributed by atoms with Crippen molar-refractivity contribution in [2.75, 3.05) is 13.1 Å². The number of fused-ring (bicyclic) bond motifs is 1. The zero-order valence-corrected chi connectivity index (χ0v) is 21.1. The number of hydrogen-bond donors (Lipinski definition) is 1. The predicted molar refractivity (Wildman–Crippen MR) is 143 cm³/mol. The van der Waals surface area contributed by atoms with Crippen molar-refractivity contribution in [1.29, 1.82) is 0 Å². The Hall–Kier alpha value is -3.71. The molecule has 0 saturated carbocycles. The molecule has 0 unspecified atom stereocenters. The van der Waals surface area contributed by atoms with Crippen LogP contribution in [0.15, 0.2) is 71.8 Å². The number of nitrogens with one attached hydrogen (secondary N) is 1. The molecule has 0 spiro atoms. The van der Waals surface area contributed by atoms with Gasteiger partial charge in [-0.2, -0.15) is 5.10 Å². The van der Waals surface area contributed by atoms with E-state index in [0.29, 0.717) is 23.5 Å². The molecule has 36 heavy (non-hydrogen) atoms. The van der Waals surface area contributed by atoms with Gasteiger partial charge in [-0.05, 0) is 74.0 Å². The Balaban J connectivity index is 1.30. The van der Waals surface area contributed by atoms with Crippen LogP contribution in [0, 0.1) is 0 Å². The number of hydrogen-bond acceptors (Lipinski definition) is 4. The molecule has 0 radical (unpaired) electrons. The van der Waals surface area contributed by atoms with Crippen LogP contribution in [0.3, 0.4) is 0 Å². The number of pyridine rings is 1. The average molecular weight is 484 g/mol. The zero-order valence-electron chi connectivity index (χ0n) is 21.1. The molecule has 0 bridgehead atoms. The zero-order chi connectivity index (χ0) is 25.2. The van der Waals surface area contributed by atoms with Gasteiger partial charge >= 0.3 is 0 Å². The maximum absolute atomic E-state index is 13.2. The summed E-state index contributed by atoms with van der Waals surface area (Å²) in [5, 5.41) is 9.00. The van der Waals surface area contributed by atoms with E-state index in [1.54, 1.807) is 10.8 Å². The van der Waals surface area contributed by atoms with Gasteiger partial charge in [0.25, 0.3) is 11.5 Å². The summed E-state index contributed by atoms with van der Waals surface area (Å²) >= 11 is 0. The highest BCUT2D eigenvalue weighted by molar-refractivity contribution is 5.94. The first kappa shape index (κ1) is 24.0. The van der Waals surface area contributed by atoms with Crippen LogP contribution in [0.2, 0.25) is 0 Å². The second-order valence-electron chi connectivity index (χ2n) is 9.97. The van der Waals surface area contributed by atoms with Crippen molar-refractivity contribution in [1.82, 2.24) is 24.6 Å². The summed E-state index contributed by atoms with van der Waals surface area (Å²) in [7, 11) is 1.90. The summed E-state index contributed by atoms with van der Waals surface area (Å²) in [5.74, 6) is -0.0478. The minimum Gasteiger partial charge on any atom is -0.349 e. The number of nitrogens with zero attached hydrogens (tertiary/aromatic N) is 4. The minimum atomic E-state index is -0.0478. The third kappa shape index (κ3) is 4.97. The molecule has 1 N–H and O–H groups in total. The summed E-state index contributed by atoms with van der Waals surface area (Å²) in [6.45, 7) is 6.86. The number of piperidine rings is 1. The van der Waals surface area contributed by atoms with Gasteiger partial charge in [0.05, 0.1) is 12.2 Å². The number of benzene rings is 2. The molecule has 1 amide bonds. The molecule has 2 aromatic carbocycles. The van der Waals surface area contributed by atoms with Crippen LogP contribution in [-0.2, 0) is 13.6 Å². The Morgan fingerprint density at radius 1 is 1.08 bits per heavy atom. The van der Waals surface area contributed by atoms with Crippen LogP contribution >= 0.6 is 0 Å². The second kappa shape index (κ2) is 10.1. The van der Waals surface area contributed by atoms with Crippen molar-refractivity contribution >= 4 is 16.7 Å². The van der Waals surface area contributed by atoms with E-state index >= 15 is 0 Å². The lowest BCUT2D eigenvalue weighted by molar-refractivity contribution is 0.0900. The summed E-state index contributed by atoms with van der Waals surface area (Å²) < 4.78 is 3.52. The molecule has 1 saturated heterocycles. The van der Waals surface area contributed by atoms with Crippen LogP contribution in [0.4, 0.5) is 0 Å². The summed E-state index contributed by atoms with van der Waals surface area (Å²) in [6.07, 6.45) is 5.53. The van der Waals surface area contributed by atoms with Gasteiger partial charge < -0.3 is 14.8 Å². The van der Waals surface area contributed by atoms with E-state index in [-0.39, 0.29) is 17.5 Å². The van der Waals surface area contributed by atoms with E-state index in [4.69, 9.17) is 0 Å². The number of aromatic nitrogens is 3. The Morgan fingerprint density at radius 3 is 2.61 bits per heavy atom. The first-order valence-electron chi connectivity index (χ1n) is 12.6. The van der Waals surface area contributed by atoms with Gasteiger partial charge in [-0.3, -0.25) is 14.3 Å². The molecular weight excluding hydrogens is 450 g/mol. The quantitative estimate of drug-likeness (QED) is 0.449. The number of carbonyl (C=O) groups excluding carboxylic acids is 1. The lowest BCUT2D eigenvalue weighted by Gasteiger charge is -2.34. The number of aryl methyl sites for hydroxylation is 1. The Morgan fingerprint density at radius 2 is 1.89 bits per heavy atom. The molecule has 186 valence electrons. The molecule has 0 atom stereocenters. The Labute approximate surface area is 211 Å². The lowest BCUT2D eigenvalue weighted by atomic mass is 10.0. The first-order valence-corrected chi connectivity index (χ1v) is 12.6. The summed E-state index contributed by atoms with van der Waals surface area (Å²) in [6, 6.07) is 18.1. The molecule has 7 heteroatoms. The highest BCUT2D eigenvalue weighted by Crippen LogP contribution is 2.22. The molecular formula is C29H33N5O2. The number of amides is 1. The van der Waals surface area contributed by atoms with Crippen LogP contribution < -0.4 is 10.9 Å². The predicted octanol–water partition coefficient (Wildman–Crippen LogP) is 4.05. The third-order valence-electron chi connectivity index (χ3n) is 7.23. The van der Waals surface area contributed by atoms with Crippen molar-refractivity contribution in [3.05, 3.63) is 88.5 Å². The molecule has 3 heterocycles. The van der Waals surface area contributed by atoms with Crippen LogP contribution in [0.1, 0.15) is 42.6 Å². The molecule has 1 aliphatic heterocycles. The molecule has 4 aromatic rings. The second-order valence-corrected chi connectivity index (χ2v) is 9.97. The number of likely N-dealkylation sites (tertiary alicyclic amines) is 1. The highest BCUT2D eigenvalue weighted by Gasteiger charge is 2.22. The van der Waals surface area contributed by atoms with E-state index in [0.717, 1.165) is 48.1 Å². The monoisotopic (exact) mass is 483 g/mol. The lowest BCUT2D eigenvalue weighted by Crippen LogP contribution is -2.46. The van der Waals surface area contributed by atoms with Crippen LogP contribution in [-0.4, -0.2) is 50.3 Å². The van der Waals surface area contributed by atoms with Gasteiger partial charge in [0.1, 0.15) is 0 Å². The van der Waals surface area contributed by atoms with Crippen LogP contribution in [0.25, 0.3) is 22.0 Å². The normalized spacial score (nSPS) is 15.0. The Bertz CT molecular complexity index is 1440. The molecule has 0 aliphatic carbocycles. The largest absolute Gasteiger partial charge is 0.349 e. The molecule has 2 aromatic heterocycles. The van der Waals surface area contributed by atoms with Crippen molar-refractivity contribution in [3.63, 3.8) is 0 Å². The highest BCUT2D eigenvalue weighted by atomic mass is 16.1. The Kier molecular flexibility index (Phi) is 6.74. The molecule has 7 nitrogen and oxygen atoms in total. The van der Waals surface area contributed by atoms with E-state index in [1.807, 2.05) is 72.5 Å².